The van der Waals surface area contributed by atoms with Crippen LogP contribution in [0.25, 0.3) is 0 Å². The molecule has 2 heterocycles. The lowest BCUT2D eigenvalue weighted by molar-refractivity contribution is 0.325. The lowest BCUT2D eigenvalue weighted by atomic mass is 9.86. The minimum absolute atomic E-state index is 0.948. The van der Waals surface area contributed by atoms with E-state index in [-0.39, 0.29) is 0 Å². The van der Waals surface area contributed by atoms with Gasteiger partial charge in [-0.15, -0.1) is 0 Å². The summed E-state index contributed by atoms with van der Waals surface area (Å²) in [6, 6.07) is 18.1. The van der Waals surface area contributed by atoms with Crippen LogP contribution >= 0.6 is 0 Å². The van der Waals surface area contributed by atoms with Crippen LogP contribution in [0.2, 0.25) is 0 Å². The predicted octanol–water partition coefficient (Wildman–Crippen LogP) is 6.61. The van der Waals surface area contributed by atoms with Gasteiger partial charge in [-0.1, -0.05) is 54.7 Å². The monoisotopic (exact) mass is 390 g/mol. The molecule has 0 bridgehead atoms. The molecular formula is C27H38N2. The van der Waals surface area contributed by atoms with Crippen LogP contribution in [0.1, 0.15) is 56.1 Å². The lowest BCUT2D eigenvalue weighted by Crippen LogP contribution is -2.34. The normalized spacial score (nSPS) is 19.0. The van der Waals surface area contributed by atoms with Gasteiger partial charge in [-0.25, -0.2) is 0 Å². The highest BCUT2D eigenvalue weighted by atomic mass is 15.1. The summed E-state index contributed by atoms with van der Waals surface area (Å²) in [6.07, 6.45) is 9.82. The van der Waals surface area contributed by atoms with Crippen LogP contribution in [0, 0.1) is 25.7 Å². The SMILES string of the molecule is Cc1ccc(N2CCC(CCCC3CCN(c4ccc(C)cc4)CC3)CC2)cc1. The lowest BCUT2D eigenvalue weighted by Gasteiger charge is -2.35. The van der Waals surface area contributed by atoms with Gasteiger partial charge < -0.3 is 9.80 Å². The molecule has 2 fully saturated rings. The summed E-state index contributed by atoms with van der Waals surface area (Å²) in [5, 5.41) is 0. The topological polar surface area (TPSA) is 6.48 Å². The zero-order valence-corrected chi connectivity index (χ0v) is 18.4. The average molecular weight is 391 g/mol. The van der Waals surface area contributed by atoms with Crippen molar-refractivity contribution in [2.24, 2.45) is 11.8 Å². The van der Waals surface area contributed by atoms with Gasteiger partial charge in [0.2, 0.25) is 0 Å². The van der Waals surface area contributed by atoms with Crippen LogP contribution < -0.4 is 9.80 Å². The number of aryl methyl sites for hydroxylation is 2. The maximum atomic E-state index is 2.58. The highest BCUT2D eigenvalue weighted by Crippen LogP contribution is 2.30. The Morgan fingerprint density at radius 3 is 1.28 bits per heavy atom. The third kappa shape index (κ3) is 5.56. The summed E-state index contributed by atoms with van der Waals surface area (Å²) < 4.78 is 0. The van der Waals surface area contributed by atoms with E-state index in [9.17, 15) is 0 Å². The Bertz CT molecular complexity index is 668. The molecule has 0 aliphatic carbocycles. The van der Waals surface area contributed by atoms with Gasteiger partial charge in [-0.05, 0) is 75.6 Å². The van der Waals surface area contributed by atoms with Crippen molar-refractivity contribution in [1.82, 2.24) is 0 Å². The van der Waals surface area contributed by atoms with Crippen LogP contribution in [0.3, 0.4) is 0 Å². The van der Waals surface area contributed by atoms with Crippen LogP contribution in [0.15, 0.2) is 48.5 Å². The first-order chi connectivity index (χ1) is 14.2. The first-order valence-electron chi connectivity index (χ1n) is 11.8. The molecule has 2 saturated heterocycles. The van der Waals surface area contributed by atoms with Gasteiger partial charge in [0.1, 0.15) is 0 Å². The molecule has 4 rings (SSSR count). The van der Waals surface area contributed by atoms with Gasteiger partial charge in [0.25, 0.3) is 0 Å². The van der Waals surface area contributed by atoms with Crippen molar-refractivity contribution in [3.63, 3.8) is 0 Å². The minimum atomic E-state index is 0.948. The average Bonchev–Trinajstić information content (AvgIpc) is 2.76. The van der Waals surface area contributed by atoms with Gasteiger partial charge in [0.05, 0.1) is 0 Å². The Labute approximate surface area is 177 Å². The molecule has 0 saturated carbocycles. The molecule has 0 aromatic heterocycles. The molecular weight excluding hydrogens is 352 g/mol. The molecule has 2 aromatic rings. The maximum absolute atomic E-state index is 2.58. The number of rotatable bonds is 6. The molecule has 156 valence electrons. The number of anilines is 2. The van der Waals surface area contributed by atoms with E-state index >= 15 is 0 Å². The van der Waals surface area contributed by atoms with Crippen molar-refractivity contribution >= 4 is 11.4 Å². The second kappa shape index (κ2) is 9.69. The molecule has 0 radical (unpaired) electrons. The van der Waals surface area contributed by atoms with Gasteiger partial charge in [0.15, 0.2) is 0 Å². The van der Waals surface area contributed by atoms with E-state index in [1.807, 2.05) is 0 Å². The Balaban J connectivity index is 1.13. The molecule has 2 aliphatic heterocycles. The number of hydrogen-bond acceptors (Lipinski definition) is 2. The van der Waals surface area contributed by atoms with Crippen molar-refractivity contribution in [2.45, 2.75) is 58.8 Å². The van der Waals surface area contributed by atoms with Crippen LogP contribution in [0.4, 0.5) is 11.4 Å². The van der Waals surface area contributed by atoms with E-state index in [0.29, 0.717) is 0 Å². The molecule has 2 heteroatoms. The zero-order chi connectivity index (χ0) is 20.1. The Hall–Kier alpha value is -1.96. The Kier molecular flexibility index (Phi) is 6.79. The first-order valence-corrected chi connectivity index (χ1v) is 11.8. The van der Waals surface area contributed by atoms with E-state index < -0.39 is 0 Å². The standard InChI is InChI=1S/C27H38N2/c1-22-6-10-26(11-7-22)28-18-14-24(15-19-28)4-3-5-25-16-20-29(21-17-25)27-12-8-23(2)9-13-27/h6-13,24-25H,3-5,14-21H2,1-2H3. The highest BCUT2D eigenvalue weighted by Gasteiger charge is 2.22. The second-order valence-corrected chi connectivity index (χ2v) is 9.46. The maximum Gasteiger partial charge on any atom is 0.0366 e. The third-order valence-electron chi connectivity index (χ3n) is 7.25. The van der Waals surface area contributed by atoms with Crippen molar-refractivity contribution in [1.29, 1.82) is 0 Å². The second-order valence-electron chi connectivity index (χ2n) is 9.46. The fraction of sp³-hybridized carbons (Fsp3) is 0.556. The summed E-state index contributed by atoms with van der Waals surface area (Å²) in [7, 11) is 0. The van der Waals surface area contributed by atoms with Crippen LogP contribution in [0.5, 0.6) is 0 Å². The van der Waals surface area contributed by atoms with Crippen molar-refractivity contribution < 1.29 is 0 Å². The van der Waals surface area contributed by atoms with Gasteiger partial charge in [-0.3, -0.25) is 0 Å². The molecule has 0 atom stereocenters. The summed E-state index contributed by atoms with van der Waals surface area (Å²) in [5.41, 5.74) is 5.53. The molecule has 0 spiro atoms. The molecule has 0 amide bonds. The first kappa shape index (κ1) is 20.3. The zero-order valence-electron chi connectivity index (χ0n) is 18.4. The number of benzene rings is 2. The Morgan fingerprint density at radius 1 is 0.586 bits per heavy atom. The minimum Gasteiger partial charge on any atom is -0.372 e. The van der Waals surface area contributed by atoms with Gasteiger partial charge in [-0.2, -0.15) is 0 Å². The molecule has 2 nitrogen and oxygen atoms in total. The van der Waals surface area contributed by atoms with Crippen molar-refractivity contribution in [3.8, 4) is 0 Å². The molecule has 29 heavy (non-hydrogen) atoms. The molecule has 2 aromatic carbocycles. The van der Waals surface area contributed by atoms with E-state index in [1.54, 1.807) is 0 Å². The van der Waals surface area contributed by atoms with Crippen molar-refractivity contribution in [2.75, 3.05) is 36.0 Å². The predicted molar refractivity (Wildman–Crippen MR) is 126 cm³/mol. The molecule has 2 aliphatic rings. The van der Waals surface area contributed by atoms with Gasteiger partial charge in [0, 0.05) is 37.6 Å². The molecule has 0 N–H and O–H groups in total. The van der Waals surface area contributed by atoms with E-state index in [2.05, 4.69) is 72.2 Å². The van der Waals surface area contributed by atoms with Crippen LogP contribution in [-0.4, -0.2) is 26.2 Å². The number of nitrogens with zero attached hydrogens (tertiary/aromatic N) is 2. The van der Waals surface area contributed by atoms with E-state index in [4.69, 9.17) is 0 Å². The smallest absolute Gasteiger partial charge is 0.0366 e. The number of piperidine rings is 2. The third-order valence-corrected chi connectivity index (χ3v) is 7.25. The fourth-order valence-corrected chi connectivity index (χ4v) is 5.17. The van der Waals surface area contributed by atoms with E-state index in [0.717, 1.165) is 11.8 Å². The summed E-state index contributed by atoms with van der Waals surface area (Å²) in [5.74, 6) is 1.90. The molecule has 0 unspecified atom stereocenters. The summed E-state index contributed by atoms with van der Waals surface area (Å²) >= 11 is 0. The summed E-state index contributed by atoms with van der Waals surface area (Å²) in [4.78, 5) is 5.16. The van der Waals surface area contributed by atoms with Crippen LogP contribution in [-0.2, 0) is 0 Å². The quantitative estimate of drug-likeness (QED) is 0.548. The highest BCUT2D eigenvalue weighted by molar-refractivity contribution is 5.48. The van der Waals surface area contributed by atoms with E-state index in [1.165, 1.54) is 93.6 Å². The van der Waals surface area contributed by atoms with Gasteiger partial charge >= 0.3 is 0 Å². The number of hydrogen-bond donors (Lipinski definition) is 0. The summed E-state index contributed by atoms with van der Waals surface area (Å²) in [6.45, 7) is 9.29. The Morgan fingerprint density at radius 2 is 0.931 bits per heavy atom. The largest absolute Gasteiger partial charge is 0.372 e. The van der Waals surface area contributed by atoms with Crippen molar-refractivity contribution in [3.05, 3.63) is 59.7 Å². The fourth-order valence-electron chi connectivity index (χ4n) is 5.17.